The number of alkyl halides is 2. The lowest BCUT2D eigenvalue weighted by Gasteiger charge is -2.30. The van der Waals surface area contributed by atoms with Crippen LogP contribution in [0.15, 0.2) is 0 Å². The van der Waals surface area contributed by atoms with Gasteiger partial charge in [0.15, 0.2) is 0 Å². The quantitative estimate of drug-likeness (QED) is 0.565. The molecule has 0 bridgehead atoms. The van der Waals surface area contributed by atoms with Gasteiger partial charge in [-0.2, -0.15) is 0 Å². The van der Waals surface area contributed by atoms with Crippen LogP contribution in [-0.2, 0) is 0 Å². The molecule has 11 heavy (non-hydrogen) atoms. The predicted molar refractivity (Wildman–Crippen MR) is 40.8 cm³/mol. The minimum Gasteiger partial charge on any atom is -0.220 e. The molecule has 0 aromatic rings. The van der Waals surface area contributed by atoms with Gasteiger partial charge in [-0.15, -0.1) is 0 Å². The Morgan fingerprint density at radius 1 is 1.36 bits per heavy atom. The lowest BCUT2D eigenvalue weighted by atomic mass is 9.92. The van der Waals surface area contributed by atoms with Gasteiger partial charge in [-0.05, 0) is 24.6 Å². The zero-order valence-corrected chi connectivity index (χ0v) is 7.24. The summed E-state index contributed by atoms with van der Waals surface area (Å²) in [6.45, 7) is 0. The Morgan fingerprint density at radius 2 is 1.82 bits per heavy atom. The van der Waals surface area contributed by atoms with Crippen LogP contribution >= 0.6 is 11.8 Å². The van der Waals surface area contributed by atoms with Crippen molar-refractivity contribution < 1.29 is 8.78 Å². The van der Waals surface area contributed by atoms with Crippen LogP contribution in [0.25, 0.3) is 0 Å². The van der Waals surface area contributed by atoms with Gasteiger partial charge in [0.05, 0.1) is 0 Å². The average Bonchev–Trinajstić information content (AvgIpc) is 1.86. The predicted octanol–water partition coefficient (Wildman–Crippen LogP) is 2.65. The van der Waals surface area contributed by atoms with E-state index in [9.17, 15) is 8.78 Å². The maximum Gasteiger partial charge on any atom is 0.248 e. The molecular formula is C7H12ClF2N. The third kappa shape index (κ3) is 2.56. The Bertz CT molecular complexity index is 128. The van der Waals surface area contributed by atoms with Crippen LogP contribution < -0.4 is 0 Å². The third-order valence-corrected chi connectivity index (χ3v) is 2.47. The maximum atomic E-state index is 12.6. The van der Waals surface area contributed by atoms with Crippen molar-refractivity contribution in [2.45, 2.75) is 37.6 Å². The topological polar surface area (TPSA) is 3.24 Å². The summed E-state index contributed by atoms with van der Waals surface area (Å²) >= 11 is 5.64. The SMILES string of the molecule is CN(Cl)C1CCC(F)(F)CC1. The Balaban J connectivity index is 2.36. The van der Waals surface area contributed by atoms with Crippen molar-refractivity contribution in [3.05, 3.63) is 0 Å². The largest absolute Gasteiger partial charge is 0.248 e. The summed E-state index contributed by atoms with van der Waals surface area (Å²) in [7, 11) is 1.72. The summed E-state index contributed by atoms with van der Waals surface area (Å²) < 4.78 is 26.7. The first kappa shape index (κ1) is 9.20. The summed E-state index contributed by atoms with van der Waals surface area (Å²) in [5.41, 5.74) is 0. The van der Waals surface area contributed by atoms with Gasteiger partial charge in [0, 0.05) is 25.9 Å². The molecule has 0 N–H and O–H groups in total. The second-order valence-corrected chi connectivity index (χ2v) is 3.65. The van der Waals surface area contributed by atoms with Crippen molar-refractivity contribution >= 4 is 11.8 Å². The Kier molecular flexibility index (Phi) is 2.70. The van der Waals surface area contributed by atoms with Gasteiger partial charge in [-0.1, -0.05) is 0 Å². The number of halogens is 3. The second-order valence-electron chi connectivity index (χ2n) is 3.11. The van der Waals surface area contributed by atoms with Crippen molar-refractivity contribution in [2.75, 3.05) is 7.05 Å². The highest BCUT2D eigenvalue weighted by Gasteiger charge is 2.35. The van der Waals surface area contributed by atoms with E-state index in [1.54, 1.807) is 7.05 Å². The molecule has 1 nitrogen and oxygen atoms in total. The standard InChI is InChI=1S/C7H12ClF2N/c1-11(8)6-2-4-7(9,10)5-3-6/h6H,2-5H2,1H3. The van der Waals surface area contributed by atoms with Crippen LogP contribution in [0.4, 0.5) is 8.78 Å². The molecular weight excluding hydrogens is 172 g/mol. The molecule has 0 saturated heterocycles. The maximum absolute atomic E-state index is 12.6. The Hall–Kier alpha value is 0.110. The Morgan fingerprint density at radius 3 is 2.18 bits per heavy atom. The molecule has 0 aromatic carbocycles. The molecule has 1 saturated carbocycles. The molecule has 4 heteroatoms. The van der Waals surface area contributed by atoms with E-state index >= 15 is 0 Å². The van der Waals surface area contributed by atoms with E-state index in [1.165, 1.54) is 4.42 Å². The highest BCUT2D eigenvalue weighted by atomic mass is 35.5. The summed E-state index contributed by atoms with van der Waals surface area (Å²) in [6.07, 6.45) is 0.976. The van der Waals surface area contributed by atoms with Gasteiger partial charge in [-0.25, -0.2) is 13.2 Å². The summed E-state index contributed by atoms with van der Waals surface area (Å²) in [5, 5.41) is 0. The zero-order chi connectivity index (χ0) is 8.48. The molecule has 0 unspecified atom stereocenters. The van der Waals surface area contributed by atoms with Crippen molar-refractivity contribution in [2.24, 2.45) is 0 Å². The number of rotatable bonds is 1. The molecule has 1 aliphatic carbocycles. The second kappa shape index (κ2) is 3.23. The van der Waals surface area contributed by atoms with Crippen LogP contribution in [0.2, 0.25) is 0 Å². The molecule has 0 radical (unpaired) electrons. The fraction of sp³-hybridized carbons (Fsp3) is 1.00. The van der Waals surface area contributed by atoms with Gasteiger partial charge >= 0.3 is 0 Å². The average molecular weight is 184 g/mol. The lowest BCUT2D eigenvalue weighted by Crippen LogP contribution is -2.33. The lowest BCUT2D eigenvalue weighted by molar-refractivity contribution is -0.0452. The minimum absolute atomic E-state index is 0.0191. The minimum atomic E-state index is -2.44. The molecule has 1 fully saturated rings. The van der Waals surface area contributed by atoms with E-state index in [0.717, 1.165) is 0 Å². The molecule has 0 amide bonds. The van der Waals surface area contributed by atoms with Gasteiger partial charge in [0.25, 0.3) is 0 Å². The molecule has 0 atom stereocenters. The number of nitrogens with zero attached hydrogens (tertiary/aromatic N) is 1. The number of hydrogen-bond donors (Lipinski definition) is 0. The molecule has 66 valence electrons. The van der Waals surface area contributed by atoms with Crippen molar-refractivity contribution in [1.82, 2.24) is 4.42 Å². The zero-order valence-electron chi connectivity index (χ0n) is 6.49. The van der Waals surface area contributed by atoms with Crippen LogP contribution in [0.5, 0.6) is 0 Å². The van der Waals surface area contributed by atoms with Crippen molar-refractivity contribution in [1.29, 1.82) is 0 Å². The van der Waals surface area contributed by atoms with Gasteiger partial charge in [0.2, 0.25) is 5.92 Å². The first-order valence-electron chi connectivity index (χ1n) is 3.78. The van der Waals surface area contributed by atoms with E-state index < -0.39 is 5.92 Å². The fourth-order valence-electron chi connectivity index (χ4n) is 1.38. The van der Waals surface area contributed by atoms with Crippen molar-refractivity contribution in [3.63, 3.8) is 0 Å². The molecule has 0 aromatic heterocycles. The summed E-state index contributed by atoms with van der Waals surface area (Å²) in [5.74, 6) is -2.44. The van der Waals surface area contributed by atoms with Crippen LogP contribution in [0, 0.1) is 0 Å². The monoisotopic (exact) mass is 183 g/mol. The third-order valence-electron chi connectivity index (χ3n) is 2.19. The highest BCUT2D eigenvalue weighted by molar-refractivity contribution is 6.13. The molecule has 0 aliphatic heterocycles. The van der Waals surface area contributed by atoms with Crippen LogP contribution in [-0.4, -0.2) is 23.4 Å². The van der Waals surface area contributed by atoms with Crippen LogP contribution in [0.1, 0.15) is 25.7 Å². The van der Waals surface area contributed by atoms with E-state index in [-0.39, 0.29) is 18.9 Å². The van der Waals surface area contributed by atoms with Crippen molar-refractivity contribution in [3.8, 4) is 0 Å². The first-order valence-corrected chi connectivity index (χ1v) is 4.11. The smallest absolute Gasteiger partial charge is 0.220 e. The summed E-state index contributed by atoms with van der Waals surface area (Å²) in [4.78, 5) is 0. The highest BCUT2D eigenvalue weighted by Crippen LogP contribution is 2.34. The fourth-order valence-corrected chi connectivity index (χ4v) is 1.58. The van der Waals surface area contributed by atoms with Crippen LogP contribution in [0.3, 0.4) is 0 Å². The van der Waals surface area contributed by atoms with E-state index in [0.29, 0.717) is 12.8 Å². The van der Waals surface area contributed by atoms with Gasteiger partial charge in [0.1, 0.15) is 0 Å². The summed E-state index contributed by atoms with van der Waals surface area (Å²) in [6, 6.07) is 0.135. The van der Waals surface area contributed by atoms with Gasteiger partial charge in [-0.3, -0.25) is 0 Å². The van der Waals surface area contributed by atoms with E-state index in [4.69, 9.17) is 11.8 Å². The molecule has 0 spiro atoms. The first-order chi connectivity index (χ1) is 5.01. The van der Waals surface area contributed by atoms with E-state index in [1.807, 2.05) is 0 Å². The van der Waals surface area contributed by atoms with E-state index in [2.05, 4.69) is 0 Å². The normalized spacial score (nSPS) is 25.9. The molecule has 1 aliphatic rings. The molecule has 0 heterocycles. The molecule has 1 rings (SSSR count). The number of hydrogen-bond acceptors (Lipinski definition) is 1. The Labute approximate surface area is 70.4 Å². The van der Waals surface area contributed by atoms with Gasteiger partial charge < -0.3 is 0 Å².